The number of aromatic nitrogens is 2. The Morgan fingerprint density at radius 3 is 2.44 bits per heavy atom. The molecule has 142 valence electrons. The van der Waals surface area contributed by atoms with Crippen LogP contribution in [0.5, 0.6) is 0 Å². The standard InChI is InChI=1S/C21H26N4O2/c22-19(26)16-12-25-17(2-1-3-18(25)24-16)20(27)23-5-4-21-9-13-6-14(10-21)8-15(7-13)11-21/h1-3,12-15H,4-11H2,(H2,22,26)(H,23,27). The third-order valence-electron chi connectivity index (χ3n) is 7.08. The van der Waals surface area contributed by atoms with E-state index in [1.807, 2.05) is 0 Å². The number of carbonyl (C=O) groups is 2. The minimum absolute atomic E-state index is 0.126. The number of hydrogen-bond acceptors (Lipinski definition) is 3. The fraction of sp³-hybridized carbons (Fsp3) is 0.571. The van der Waals surface area contributed by atoms with Crippen molar-refractivity contribution in [1.82, 2.24) is 14.7 Å². The molecule has 0 aromatic carbocycles. The lowest BCUT2D eigenvalue weighted by molar-refractivity contribution is -0.0564. The Morgan fingerprint density at radius 1 is 1.15 bits per heavy atom. The van der Waals surface area contributed by atoms with Crippen molar-refractivity contribution >= 4 is 17.5 Å². The summed E-state index contributed by atoms with van der Waals surface area (Å²) in [5.74, 6) is 2.07. The lowest BCUT2D eigenvalue weighted by Crippen LogP contribution is -2.47. The van der Waals surface area contributed by atoms with Crippen molar-refractivity contribution in [3.63, 3.8) is 0 Å². The van der Waals surface area contributed by atoms with E-state index in [4.69, 9.17) is 5.73 Å². The molecule has 4 aliphatic carbocycles. The number of rotatable bonds is 5. The van der Waals surface area contributed by atoms with E-state index in [2.05, 4.69) is 10.3 Å². The van der Waals surface area contributed by atoms with Crippen molar-refractivity contribution < 1.29 is 9.59 Å². The van der Waals surface area contributed by atoms with Crippen LogP contribution in [0.1, 0.15) is 65.9 Å². The van der Waals surface area contributed by atoms with E-state index in [0.29, 0.717) is 23.3 Å². The van der Waals surface area contributed by atoms with Crippen LogP contribution < -0.4 is 11.1 Å². The van der Waals surface area contributed by atoms with Crippen LogP contribution in [0.4, 0.5) is 0 Å². The van der Waals surface area contributed by atoms with Gasteiger partial charge in [-0.1, -0.05) is 6.07 Å². The molecule has 6 nitrogen and oxygen atoms in total. The number of carbonyl (C=O) groups excluding carboxylic acids is 2. The number of nitrogens with one attached hydrogen (secondary N) is 1. The molecule has 0 unspecified atom stereocenters. The predicted octanol–water partition coefficient (Wildman–Crippen LogP) is 2.77. The van der Waals surface area contributed by atoms with Crippen molar-refractivity contribution in [2.24, 2.45) is 28.9 Å². The summed E-state index contributed by atoms with van der Waals surface area (Å²) in [6.45, 7) is 0.707. The second-order valence-corrected chi connectivity index (χ2v) is 9.05. The number of primary amides is 1. The molecule has 0 aliphatic heterocycles. The zero-order valence-corrected chi connectivity index (χ0v) is 15.5. The first kappa shape index (κ1) is 16.8. The molecule has 6 heteroatoms. The zero-order chi connectivity index (χ0) is 18.6. The maximum absolute atomic E-state index is 12.7. The molecule has 2 aromatic heterocycles. The number of hydrogen-bond donors (Lipinski definition) is 2. The Kier molecular flexibility index (Phi) is 3.78. The lowest BCUT2D eigenvalue weighted by atomic mass is 9.49. The van der Waals surface area contributed by atoms with Gasteiger partial charge in [-0.25, -0.2) is 4.98 Å². The van der Waals surface area contributed by atoms with E-state index in [1.54, 1.807) is 22.6 Å². The minimum atomic E-state index is -0.591. The van der Waals surface area contributed by atoms with E-state index in [-0.39, 0.29) is 11.6 Å². The summed E-state index contributed by atoms with van der Waals surface area (Å²) >= 11 is 0. The summed E-state index contributed by atoms with van der Waals surface area (Å²) in [6.07, 6.45) is 11.0. The molecule has 0 spiro atoms. The zero-order valence-electron chi connectivity index (χ0n) is 15.5. The summed E-state index contributed by atoms with van der Waals surface area (Å²) < 4.78 is 1.64. The Balaban J connectivity index is 1.28. The molecule has 4 aliphatic rings. The number of amides is 2. The van der Waals surface area contributed by atoms with Gasteiger partial charge in [0.25, 0.3) is 11.8 Å². The van der Waals surface area contributed by atoms with Gasteiger partial charge < -0.3 is 11.1 Å². The molecular formula is C21H26N4O2. The topological polar surface area (TPSA) is 89.5 Å². The van der Waals surface area contributed by atoms with Gasteiger partial charge in [-0.2, -0.15) is 0 Å². The fourth-order valence-electron chi connectivity index (χ4n) is 6.44. The van der Waals surface area contributed by atoms with Crippen LogP contribution in [0.15, 0.2) is 24.4 Å². The molecule has 4 fully saturated rings. The van der Waals surface area contributed by atoms with Gasteiger partial charge in [0.15, 0.2) is 0 Å². The first-order chi connectivity index (χ1) is 13.0. The number of fused-ring (bicyclic) bond motifs is 1. The Labute approximate surface area is 158 Å². The molecule has 27 heavy (non-hydrogen) atoms. The maximum atomic E-state index is 12.7. The number of nitrogens with two attached hydrogens (primary N) is 1. The van der Waals surface area contributed by atoms with Gasteiger partial charge >= 0.3 is 0 Å². The molecular weight excluding hydrogens is 340 g/mol. The van der Waals surface area contributed by atoms with Crippen LogP contribution in [0.25, 0.3) is 5.65 Å². The van der Waals surface area contributed by atoms with E-state index in [1.165, 1.54) is 44.7 Å². The average molecular weight is 366 g/mol. The maximum Gasteiger partial charge on any atom is 0.268 e. The van der Waals surface area contributed by atoms with Crippen molar-refractivity contribution in [2.45, 2.75) is 44.9 Å². The highest BCUT2D eigenvalue weighted by atomic mass is 16.2. The first-order valence-electron chi connectivity index (χ1n) is 10.1. The normalized spacial score (nSPS) is 31.3. The first-order valence-corrected chi connectivity index (χ1v) is 10.1. The SMILES string of the molecule is NC(=O)c1cn2c(C(=O)NCCC34CC5CC(CC(C5)C3)C4)cccc2n1. The highest BCUT2D eigenvalue weighted by Gasteiger charge is 2.50. The molecule has 0 atom stereocenters. The van der Waals surface area contributed by atoms with E-state index in [9.17, 15) is 9.59 Å². The molecule has 6 rings (SSSR count). The second-order valence-electron chi connectivity index (χ2n) is 9.05. The highest BCUT2D eigenvalue weighted by Crippen LogP contribution is 2.61. The van der Waals surface area contributed by atoms with Gasteiger partial charge in [-0.05, 0) is 80.2 Å². The molecule has 0 saturated heterocycles. The van der Waals surface area contributed by atoms with Gasteiger partial charge in [0.05, 0.1) is 0 Å². The fourth-order valence-corrected chi connectivity index (χ4v) is 6.44. The van der Waals surface area contributed by atoms with E-state index in [0.717, 1.165) is 24.2 Å². The van der Waals surface area contributed by atoms with Crippen LogP contribution in [0, 0.1) is 23.2 Å². The third kappa shape index (κ3) is 2.91. The average Bonchev–Trinajstić information content (AvgIpc) is 3.04. The Bertz CT molecular complexity index is 881. The van der Waals surface area contributed by atoms with Crippen LogP contribution >= 0.6 is 0 Å². The summed E-state index contributed by atoms with van der Waals surface area (Å²) in [4.78, 5) is 28.3. The van der Waals surface area contributed by atoms with Crippen LogP contribution in [0.3, 0.4) is 0 Å². The number of imidazole rings is 1. The Hall–Kier alpha value is -2.37. The third-order valence-corrected chi connectivity index (χ3v) is 7.08. The molecule has 3 N–H and O–H groups in total. The van der Waals surface area contributed by atoms with E-state index < -0.39 is 5.91 Å². The van der Waals surface area contributed by atoms with Gasteiger partial charge in [0.1, 0.15) is 17.0 Å². The largest absolute Gasteiger partial charge is 0.364 e. The Morgan fingerprint density at radius 2 is 1.81 bits per heavy atom. The quantitative estimate of drug-likeness (QED) is 0.853. The summed E-state index contributed by atoms with van der Waals surface area (Å²) in [7, 11) is 0. The van der Waals surface area contributed by atoms with Crippen molar-refractivity contribution in [1.29, 1.82) is 0 Å². The van der Waals surface area contributed by atoms with Gasteiger partial charge in [-0.3, -0.25) is 14.0 Å². The smallest absolute Gasteiger partial charge is 0.268 e. The highest BCUT2D eigenvalue weighted by molar-refractivity contribution is 5.95. The van der Waals surface area contributed by atoms with Gasteiger partial charge in [0.2, 0.25) is 0 Å². The summed E-state index contributed by atoms with van der Waals surface area (Å²) in [5.41, 5.74) is 6.98. The molecule has 2 aromatic rings. The van der Waals surface area contributed by atoms with Crippen molar-refractivity contribution in [2.75, 3.05) is 6.54 Å². The van der Waals surface area contributed by atoms with Gasteiger partial charge in [-0.15, -0.1) is 0 Å². The summed E-state index contributed by atoms with van der Waals surface area (Å²) in [6, 6.07) is 5.29. The van der Waals surface area contributed by atoms with Gasteiger partial charge in [0, 0.05) is 12.7 Å². The molecule has 0 radical (unpaired) electrons. The second kappa shape index (κ2) is 6.08. The molecule has 2 amide bonds. The lowest BCUT2D eigenvalue weighted by Gasteiger charge is -2.57. The summed E-state index contributed by atoms with van der Waals surface area (Å²) in [5, 5.41) is 3.10. The van der Waals surface area contributed by atoms with Crippen LogP contribution in [0.2, 0.25) is 0 Å². The van der Waals surface area contributed by atoms with Crippen molar-refractivity contribution in [3.05, 3.63) is 35.8 Å². The molecule has 4 bridgehead atoms. The van der Waals surface area contributed by atoms with Crippen molar-refractivity contribution in [3.8, 4) is 0 Å². The van der Waals surface area contributed by atoms with Crippen LogP contribution in [-0.4, -0.2) is 27.7 Å². The van der Waals surface area contributed by atoms with Crippen LogP contribution in [-0.2, 0) is 0 Å². The number of pyridine rings is 1. The minimum Gasteiger partial charge on any atom is -0.364 e. The number of nitrogens with zero attached hydrogens (tertiary/aromatic N) is 2. The molecule has 2 heterocycles. The predicted molar refractivity (Wildman–Crippen MR) is 101 cm³/mol. The van der Waals surface area contributed by atoms with E-state index >= 15 is 0 Å². The molecule has 4 saturated carbocycles. The monoisotopic (exact) mass is 366 g/mol.